The van der Waals surface area contributed by atoms with E-state index in [0.29, 0.717) is 5.71 Å². The minimum atomic E-state index is 0.552. The molecule has 0 amide bonds. The van der Waals surface area contributed by atoms with Gasteiger partial charge < -0.3 is 9.98 Å². The standard InChI is InChI=1S/C12H19N3/c1-4-5-6-7-8-11-12(10(2)13)14-9-15(11)3/h4-5,9,13H,6-8H2,1-3H3/b5-4+,13-10?. The van der Waals surface area contributed by atoms with E-state index in [1.54, 1.807) is 13.3 Å². The Morgan fingerprint density at radius 1 is 1.60 bits per heavy atom. The van der Waals surface area contributed by atoms with Gasteiger partial charge in [0.05, 0.1) is 12.0 Å². The highest BCUT2D eigenvalue weighted by Crippen LogP contribution is 2.11. The van der Waals surface area contributed by atoms with Gasteiger partial charge in [0.1, 0.15) is 5.69 Å². The van der Waals surface area contributed by atoms with Crippen LogP contribution in [0.3, 0.4) is 0 Å². The molecule has 0 aliphatic carbocycles. The smallest absolute Gasteiger partial charge is 0.105 e. The molecule has 3 heteroatoms. The lowest BCUT2D eigenvalue weighted by Gasteiger charge is -2.03. The lowest BCUT2D eigenvalue weighted by atomic mass is 10.1. The molecule has 1 aromatic rings. The Morgan fingerprint density at radius 3 is 2.93 bits per heavy atom. The van der Waals surface area contributed by atoms with E-state index in [0.717, 1.165) is 25.0 Å². The normalized spacial score (nSPS) is 11.1. The first kappa shape index (κ1) is 11.7. The SMILES string of the molecule is C/C=C/CCCc1c(C(C)=N)ncn1C. The van der Waals surface area contributed by atoms with Crippen molar-refractivity contribution in [2.24, 2.45) is 7.05 Å². The van der Waals surface area contributed by atoms with Gasteiger partial charge in [-0.25, -0.2) is 4.98 Å². The molecule has 0 aliphatic rings. The van der Waals surface area contributed by atoms with Gasteiger partial charge in [0.15, 0.2) is 0 Å². The number of unbranched alkanes of at least 4 members (excludes halogenated alkanes) is 1. The Balaban J connectivity index is 2.66. The fourth-order valence-corrected chi connectivity index (χ4v) is 1.62. The van der Waals surface area contributed by atoms with Crippen LogP contribution in [0.2, 0.25) is 0 Å². The lowest BCUT2D eigenvalue weighted by molar-refractivity contribution is 0.754. The number of allylic oxidation sites excluding steroid dienone is 2. The monoisotopic (exact) mass is 205 g/mol. The fraction of sp³-hybridized carbons (Fsp3) is 0.500. The Hall–Kier alpha value is -1.38. The number of rotatable bonds is 5. The summed E-state index contributed by atoms with van der Waals surface area (Å²) in [6.07, 6.45) is 9.24. The van der Waals surface area contributed by atoms with Gasteiger partial charge in [0.2, 0.25) is 0 Å². The molecule has 1 N–H and O–H groups in total. The van der Waals surface area contributed by atoms with Crippen molar-refractivity contribution < 1.29 is 0 Å². The molecule has 1 aromatic heterocycles. The molecule has 0 radical (unpaired) electrons. The van der Waals surface area contributed by atoms with Crippen LogP contribution >= 0.6 is 0 Å². The maximum Gasteiger partial charge on any atom is 0.105 e. The van der Waals surface area contributed by atoms with Crippen LogP contribution in [0.4, 0.5) is 0 Å². The first-order chi connectivity index (χ1) is 7.16. The van der Waals surface area contributed by atoms with E-state index in [2.05, 4.69) is 17.1 Å². The van der Waals surface area contributed by atoms with Crippen molar-refractivity contribution >= 4 is 5.71 Å². The van der Waals surface area contributed by atoms with E-state index in [-0.39, 0.29) is 0 Å². The van der Waals surface area contributed by atoms with Gasteiger partial charge in [-0.2, -0.15) is 0 Å². The second-order valence-electron chi connectivity index (χ2n) is 3.74. The van der Waals surface area contributed by atoms with E-state index in [9.17, 15) is 0 Å². The molecule has 15 heavy (non-hydrogen) atoms. The molecular formula is C12H19N3. The zero-order valence-electron chi connectivity index (χ0n) is 9.75. The summed E-state index contributed by atoms with van der Waals surface area (Å²) in [5.74, 6) is 0. The summed E-state index contributed by atoms with van der Waals surface area (Å²) in [4.78, 5) is 4.23. The van der Waals surface area contributed by atoms with Crippen molar-refractivity contribution in [1.29, 1.82) is 5.41 Å². The molecule has 0 aromatic carbocycles. The quantitative estimate of drug-likeness (QED) is 0.448. The number of imidazole rings is 1. The second kappa shape index (κ2) is 5.49. The second-order valence-corrected chi connectivity index (χ2v) is 3.74. The molecule has 1 rings (SSSR count). The van der Waals surface area contributed by atoms with E-state index in [4.69, 9.17) is 5.41 Å². The summed E-state index contributed by atoms with van der Waals surface area (Å²) in [5, 5.41) is 7.62. The van der Waals surface area contributed by atoms with Crippen molar-refractivity contribution in [3.63, 3.8) is 0 Å². The molecule has 3 nitrogen and oxygen atoms in total. The summed E-state index contributed by atoms with van der Waals surface area (Å²) in [6, 6.07) is 0. The van der Waals surface area contributed by atoms with Gasteiger partial charge >= 0.3 is 0 Å². The molecule has 0 saturated heterocycles. The van der Waals surface area contributed by atoms with Crippen LogP contribution in [0.15, 0.2) is 18.5 Å². The van der Waals surface area contributed by atoms with Crippen LogP contribution in [0.25, 0.3) is 0 Å². The lowest BCUT2D eigenvalue weighted by Crippen LogP contribution is -2.03. The third kappa shape index (κ3) is 3.05. The van der Waals surface area contributed by atoms with E-state index < -0.39 is 0 Å². The number of aryl methyl sites for hydroxylation is 1. The van der Waals surface area contributed by atoms with Crippen LogP contribution < -0.4 is 0 Å². The molecular weight excluding hydrogens is 186 g/mol. The topological polar surface area (TPSA) is 41.7 Å². The average molecular weight is 205 g/mol. The van der Waals surface area contributed by atoms with Crippen LogP contribution in [0, 0.1) is 5.41 Å². The van der Waals surface area contributed by atoms with Crippen molar-refractivity contribution in [2.45, 2.75) is 33.1 Å². The minimum Gasteiger partial charge on any atom is -0.337 e. The van der Waals surface area contributed by atoms with Gasteiger partial charge in [0, 0.05) is 12.7 Å². The zero-order chi connectivity index (χ0) is 11.3. The zero-order valence-corrected chi connectivity index (χ0v) is 9.75. The maximum atomic E-state index is 7.62. The Kier molecular flexibility index (Phi) is 4.28. The van der Waals surface area contributed by atoms with Gasteiger partial charge in [0.25, 0.3) is 0 Å². The van der Waals surface area contributed by atoms with Crippen LogP contribution in [-0.4, -0.2) is 15.3 Å². The summed E-state index contributed by atoms with van der Waals surface area (Å²) in [7, 11) is 1.99. The fourth-order valence-electron chi connectivity index (χ4n) is 1.62. The molecule has 0 unspecified atom stereocenters. The van der Waals surface area contributed by atoms with Crippen LogP contribution in [-0.2, 0) is 13.5 Å². The van der Waals surface area contributed by atoms with Crippen molar-refractivity contribution in [2.75, 3.05) is 0 Å². The first-order valence-corrected chi connectivity index (χ1v) is 5.33. The number of nitrogens with zero attached hydrogens (tertiary/aromatic N) is 2. The minimum absolute atomic E-state index is 0.552. The number of hydrogen-bond donors (Lipinski definition) is 1. The Bertz CT molecular complexity index is 361. The van der Waals surface area contributed by atoms with Gasteiger partial charge in [-0.3, -0.25) is 0 Å². The van der Waals surface area contributed by atoms with Gasteiger partial charge in [-0.15, -0.1) is 0 Å². The molecule has 0 fully saturated rings. The largest absolute Gasteiger partial charge is 0.337 e. The Labute approximate surface area is 91.4 Å². The van der Waals surface area contributed by atoms with E-state index in [1.165, 1.54) is 5.69 Å². The third-order valence-electron chi connectivity index (χ3n) is 2.43. The highest BCUT2D eigenvalue weighted by atomic mass is 15.0. The molecule has 0 aliphatic heterocycles. The third-order valence-corrected chi connectivity index (χ3v) is 2.43. The number of aromatic nitrogens is 2. The summed E-state index contributed by atoms with van der Waals surface area (Å²) < 4.78 is 2.02. The highest BCUT2D eigenvalue weighted by Gasteiger charge is 2.09. The maximum absolute atomic E-state index is 7.62. The summed E-state index contributed by atoms with van der Waals surface area (Å²) >= 11 is 0. The van der Waals surface area contributed by atoms with Crippen LogP contribution in [0.5, 0.6) is 0 Å². The molecule has 1 heterocycles. The molecule has 0 spiro atoms. The van der Waals surface area contributed by atoms with Crippen molar-refractivity contribution in [1.82, 2.24) is 9.55 Å². The summed E-state index contributed by atoms with van der Waals surface area (Å²) in [5.41, 5.74) is 2.57. The van der Waals surface area contributed by atoms with Crippen molar-refractivity contribution in [3.8, 4) is 0 Å². The summed E-state index contributed by atoms with van der Waals surface area (Å²) in [6.45, 7) is 3.83. The molecule has 0 atom stereocenters. The van der Waals surface area contributed by atoms with Crippen molar-refractivity contribution in [3.05, 3.63) is 29.9 Å². The molecule has 0 bridgehead atoms. The molecule has 0 saturated carbocycles. The van der Waals surface area contributed by atoms with Gasteiger partial charge in [-0.05, 0) is 33.1 Å². The predicted molar refractivity (Wildman–Crippen MR) is 63.5 cm³/mol. The van der Waals surface area contributed by atoms with E-state index >= 15 is 0 Å². The molecule has 82 valence electrons. The first-order valence-electron chi connectivity index (χ1n) is 5.33. The number of hydrogen-bond acceptors (Lipinski definition) is 2. The Morgan fingerprint density at radius 2 is 2.33 bits per heavy atom. The van der Waals surface area contributed by atoms with Crippen LogP contribution in [0.1, 0.15) is 38.1 Å². The van der Waals surface area contributed by atoms with Gasteiger partial charge in [-0.1, -0.05) is 12.2 Å². The highest BCUT2D eigenvalue weighted by molar-refractivity contribution is 5.95. The number of nitrogens with one attached hydrogen (secondary N) is 1. The average Bonchev–Trinajstić information content (AvgIpc) is 2.55. The van der Waals surface area contributed by atoms with E-state index in [1.807, 2.05) is 18.5 Å². The predicted octanol–water partition coefficient (Wildman–Crippen LogP) is 2.71.